The number of nitrogen functional groups attached to an aromatic ring is 1. The number of alkyl carbamates (subject to hydrolysis) is 1. The Bertz CT molecular complexity index is 688. The lowest BCUT2D eigenvalue weighted by Gasteiger charge is -2.37. The van der Waals surface area contributed by atoms with E-state index in [0.29, 0.717) is 17.5 Å². The van der Waals surface area contributed by atoms with Crippen molar-refractivity contribution in [1.82, 2.24) is 10.2 Å². The fourth-order valence-electron chi connectivity index (χ4n) is 4.63. The number of rotatable bonds is 4. The van der Waals surface area contributed by atoms with Gasteiger partial charge in [-0.3, -0.25) is 0 Å². The summed E-state index contributed by atoms with van der Waals surface area (Å²) < 4.78 is 19.5. The average molecular weight is 406 g/mol. The number of hydrogen-bond donors (Lipinski definition) is 2. The van der Waals surface area contributed by atoms with Gasteiger partial charge >= 0.3 is 6.09 Å². The first-order valence-electron chi connectivity index (χ1n) is 11.0. The van der Waals surface area contributed by atoms with E-state index in [1.54, 1.807) is 6.07 Å². The summed E-state index contributed by atoms with van der Waals surface area (Å²) in [6, 6.07) is 5.31. The lowest BCUT2D eigenvalue weighted by Crippen LogP contribution is -2.43. The number of ether oxygens (including phenoxy) is 1. The predicted molar refractivity (Wildman–Crippen MR) is 114 cm³/mol. The first-order chi connectivity index (χ1) is 13.7. The number of carbonyl (C=O) groups excluding carboxylic acids is 1. The maximum atomic E-state index is 14.2. The molecule has 1 aromatic rings. The summed E-state index contributed by atoms with van der Waals surface area (Å²) in [6.45, 7) is 8.79. The molecular weight excluding hydrogens is 369 g/mol. The smallest absolute Gasteiger partial charge is 0.407 e. The summed E-state index contributed by atoms with van der Waals surface area (Å²) in [6.07, 6.45) is 5.97. The van der Waals surface area contributed by atoms with E-state index in [2.05, 4.69) is 10.2 Å². The van der Waals surface area contributed by atoms with Crippen molar-refractivity contribution >= 4 is 11.8 Å². The molecule has 0 atom stereocenters. The van der Waals surface area contributed by atoms with E-state index < -0.39 is 5.60 Å². The van der Waals surface area contributed by atoms with E-state index in [1.165, 1.54) is 6.07 Å². The van der Waals surface area contributed by atoms with Crippen molar-refractivity contribution < 1.29 is 13.9 Å². The summed E-state index contributed by atoms with van der Waals surface area (Å²) in [5, 5.41) is 3.01. The third-order valence-electron chi connectivity index (χ3n) is 6.14. The van der Waals surface area contributed by atoms with Gasteiger partial charge in [0, 0.05) is 18.3 Å². The van der Waals surface area contributed by atoms with Crippen molar-refractivity contribution in [1.29, 1.82) is 0 Å². The SMILES string of the molecule is CC(C)(C)OC(=O)NC1CCC(CN2CCC(c3ccc(N)cc3F)CC2)CC1. The van der Waals surface area contributed by atoms with E-state index in [1.807, 2.05) is 26.8 Å². The fourth-order valence-corrected chi connectivity index (χ4v) is 4.63. The van der Waals surface area contributed by atoms with Gasteiger partial charge in [-0.1, -0.05) is 6.07 Å². The van der Waals surface area contributed by atoms with E-state index in [9.17, 15) is 9.18 Å². The number of likely N-dealkylation sites (tertiary alicyclic amines) is 1. The molecule has 1 aliphatic heterocycles. The summed E-state index contributed by atoms with van der Waals surface area (Å²) in [5.41, 5.74) is 6.51. The van der Waals surface area contributed by atoms with Crippen LogP contribution in [0.4, 0.5) is 14.9 Å². The predicted octanol–water partition coefficient (Wildman–Crippen LogP) is 4.67. The van der Waals surface area contributed by atoms with E-state index in [-0.39, 0.29) is 18.0 Å². The number of halogens is 1. The number of carbonyl (C=O) groups is 1. The van der Waals surface area contributed by atoms with Crippen molar-refractivity contribution in [3.63, 3.8) is 0 Å². The third kappa shape index (κ3) is 6.59. The molecule has 5 nitrogen and oxygen atoms in total. The Morgan fingerprint density at radius 1 is 1.17 bits per heavy atom. The van der Waals surface area contributed by atoms with Crippen molar-refractivity contribution in [3.05, 3.63) is 29.6 Å². The summed E-state index contributed by atoms with van der Waals surface area (Å²) >= 11 is 0. The van der Waals surface area contributed by atoms with Crippen LogP contribution in [0, 0.1) is 11.7 Å². The third-order valence-corrected chi connectivity index (χ3v) is 6.14. The number of anilines is 1. The van der Waals surface area contributed by atoms with Crippen molar-refractivity contribution in [2.24, 2.45) is 5.92 Å². The summed E-state index contributed by atoms with van der Waals surface area (Å²) in [7, 11) is 0. The molecule has 2 aliphatic rings. The van der Waals surface area contributed by atoms with Crippen molar-refractivity contribution in [2.75, 3.05) is 25.4 Å². The molecule has 1 aromatic carbocycles. The largest absolute Gasteiger partial charge is 0.444 e. The zero-order valence-corrected chi connectivity index (χ0v) is 18.0. The minimum Gasteiger partial charge on any atom is -0.444 e. The molecule has 0 aromatic heterocycles. The Hall–Kier alpha value is -1.82. The van der Waals surface area contributed by atoms with Crippen LogP contribution >= 0.6 is 0 Å². The van der Waals surface area contributed by atoms with Crippen LogP contribution in [0.2, 0.25) is 0 Å². The molecular formula is C23H36FN3O2. The van der Waals surface area contributed by atoms with Gasteiger partial charge in [0.05, 0.1) is 0 Å². The second kappa shape index (κ2) is 9.33. The van der Waals surface area contributed by atoms with E-state index in [0.717, 1.165) is 63.7 Å². The molecule has 1 heterocycles. The van der Waals surface area contributed by atoms with Gasteiger partial charge in [-0.05, 0) is 102 Å². The Morgan fingerprint density at radius 3 is 2.41 bits per heavy atom. The van der Waals surface area contributed by atoms with Crippen LogP contribution in [0.25, 0.3) is 0 Å². The highest BCUT2D eigenvalue weighted by Crippen LogP contribution is 2.32. The summed E-state index contributed by atoms with van der Waals surface area (Å²) in [4.78, 5) is 14.5. The normalized spacial score (nSPS) is 24.3. The van der Waals surface area contributed by atoms with Gasteiger partial charge in [0.1, 0.15) is 11.4 Å². The lowest BCUT2D eigenvalue weighted by atomic mass is 9.84. The van der Waals surface area contributed by atoms with Crippen molar-refractivity contribution in [3.8, 4) is 0 Å². The van der Waals surface area contributed by atoms with Crippen LogP contribution in [0.3, 0.4) is 0 Å². The molecule has 3 rings (SSSR count). The van der Waals surface area contributed by atoms with Gasteiger partial charge in [0.2, 0.25) is 0 Å². The van der Waals surface area contributed by atoms with E-state index in [4.69, 9.17) is 10.5 Å². The Morgan fingerprint density at radius 2 is 1.83 bits per heavy atom. The maximum Gasteiger partial charge on any atom is 0.407 e. The number of piperidine rings is 1. The Balaban J connectivity index is 1.38. The molecule has 3 N–H and O–H groups in total. The molecule has 6 heteroatoms. The second-order valence-corrected chi connectivity index (χ2v) is 9.72. The molecule has 0 bridgehead atoms. The molecule has 0 unspecified atom stereocenters. The molecule has 2 fully saturated rings. The molecule has 0 spiro atoms. The first kappa shape index (κ1) is 21.9. The first-order valence-corrected chi connectivity index (χ1v) is 11.0. The summed E-state index contributed by atoms with van der Waals surface area (Å²) in [5.74, 6) is 0.802. The molecule has 162 valence electrons. The number of hydrogen-bond acceptors (Lipinski definition) is 4. The minimum absolute atomic E-state index is 0.167. The second-order valence-electron chi connectivity index (χ2n) is 9.72. The van der Waals surface area contributed by atoms with Gasteiger partial charge in [-0.15, -0.1) is 0 Å². The topological polar surface area (TPSA) is 67.6 Å². The van der Waals surface area contributed by atoms with Crippen LogP contribution in [-0.4, -0.2) is 42.3 Å². The molecule has 1 saturated carbocycles. The quantitative estimate of drug-likeness (QED) is 0.714. The molecule has 1 saturated heterocycles. The average Bonchev–Trinajstić information content (AvgIpc) is 2.63. The number of nitrogens with one attached hydrogen (secondary N) is 1. The van der Waals surface area contributed by atoms with Crippen LogP contribution in [0.1, 0.15) is 70.8 Å². The maximum absolute atomic E-state index is 14.2. The zero-order chi connectivity index (χ0) is 21.0. The van der Waals surface area contributed by atoms with Crippen LogP contribution in [-0.2, 0) is 4.74 Å². The van der Waals surface area contributed by atoms with Crippen molar-refractivity contribution in [2.45, 2.75) is 76.9 Å². The van der Waals surface area contributed by atoms with Crippen LogP contribution in [0.15, 0.2) is 18.2 Å². The Labute approximate surface area is 174 Å². The number of nitrogens with zero attached hydrogens (tertiary/aromatic N) is 1. The van der Waals surface area contributed by atoms with Gasteiger partial charge in [-0.25, -0.2) is 9.18 Å². The van der Waals surface area contributed by atoms with Gasteiger partial charge in [0.15, 0.2) is 0 Å². The molecule has 1 amide bonds. The van der Waals surface area contributed by atoms with Crippen LogP contribution < -0.4 is 11.1 Å². The van der Waals surface area contributed by atoms with Gasteiger partial charge in [0.25, 0.3) is 0 Å². The van der Waals surface area contributed by atoms with Crippen LogP contribution in [0.5, 0.6) is 0 Å². The highest BCUT2D eigenvalue weighted by molar-refractivity contribution is 5.68. The number of benzene rings is 1. The highest BCUT2D eigenvalue weighted by atomic mass is 19.1. The fraction of sp³-hybridized carbons (Fsp3) is 0.696. The zero-order valence-electron chi connectivity index (χ0n) is 18.0. The number of nitrogens with two attached hydrogens (primary N) is 1. The molecule has 29 heavy (non-hydrogen) atoms. The standard InChI is InChI=1S/C23H36FN3O2/c1-23(2,3)29-22(28)26-19-7-4-16(5-8-19)15-27-12-10-17(11-13-27)20-9-6-18(25)14-21(20)24/h6,9,14,16-17,19H,4-5,7-8,10-13,15,25H2,1-3H3,(H,26,28). The van der Waals surface area contributed by atoms with Gasteiger partial charge < -0.3 is 20.7 Å². The lowest BCUT2D eigenvalue weighted by molar-refractivity contribution is 0.0482. The van der Waals surface area contributed by atoms with E-state index >= 15 is 0 Å². The monoisotopic (exact) mass is 405 g/mol. The number of amides is 1. The Kier molecular flexibility index (Phi) is 7.04. The molecule has 1 aliphatic carbocycles. The minimum atomic E-state index is -0.456. The molecule has 0 radical (unpaired) electrons. The highest BCUT2D eigenvalue weighted by Gasteiger charge is 2.28. The van der Waals surface area contributed by atoms with Gasteiger partial charge in [-0.2, -0.15) is 0 Å².